The summed E-state index contributed by atoms with van der Waals surface area (Å²) in [6.07, 6.45) is 0.725. The van der Waals surface area contributed by atoms with Crippen molar-refractivity contribution < 1.29 is 22.9 Å². The maximum Gasteiger partial charge on any atom is 0.271 e. The third kappa shape index (κ3) is 8.88. The standard InChI is InChI=1S/C34H34Cl2N4O6S/c1-3-24(2)37-34(42)32(20-25-12-6-4-7-13-25)38(22-29-30(35)18-11-19-31(29)36)33(41)23-39(26-14-10-15-27(21-26)40(43)44)47(45,46)28-16-8-5-9-17-28/h4-19,21,24,32H,3,20,22-23H2,1-2H3,(H,37,42)/t24-,32-/m1/s1. The molecular weight excluding hydrogens is 663 g/mol. The molecule has 47 heavy (non-hydrogen) atoms. The highest BCUT2D eigenvalue weighted by molar-refractivity contribution is 7.92. The summed E-state index contributed by atoms with van der Waals surface area (Å²) in [4.78, 5) is 40.6. The van der Waals surface area contributed by atoms with E-state index in [2.05, 4.69) is 5.32 Å². The van der Waals surface area contributed by atoms with Gasteiger partial charge in [0.15, 0.2) is 0 Å². The Labute approximate surface area is 284 Å². The van der Waals surface area contributed by atoms with E-state index in [0.29, 0.717) is 12.0 Å². The Morgan fingerprint density at radius 1 is 0.894 bits per heavy atom. The summed E-state index contributed by atoms with van der Waals surface area (Å²) < 4.78 is 29.0. The number of hydrogen-bond donors (Lipinski definition) is 1. The Morgan fingerprint density at radius 2 is 1.49 bits per heavy atom. The van der Waals surface area contributed by atoms with Crippen molar-refractivity contribution in [3.8, 4) is 0 Å². The van der Waals surface area contributed by atoms with Crippen LogP contribution in [-0.4, -0.2) is 48.7 Å². The van der Waals surface area contributed by atoms with E-state index in [0.717, 1.165) is 15.9 Å². The molecule has 13 heteroatoms. The van der Waals surface area contributed by atoms with Crippen molar-refractivity contribution in [3.05, 3.63) is 134 Å². The molecule has 246 valence electrons. The van der Waals surface area contributed by atoms with Gasteiger partial charge in [0, 0.05) is 46.7 Å². The topological polar surface area (TPSA) is 130 Å². The Bertz CT molecular complexity index is 1810. The number of carbonyl (C=O) groups excluding carboxylic acids is 2. The van der Waals surface area contributed by atoms with Crippen LogP contribution in [0.25, 0.3) is 0 Å². The van der Waals surface area contributed by atoms with Gasteiger partial charge in [0.2, 0.25) is 11.8 Å². The van der Waals surface area contributed by atoms with Gasteiger partial charge in [-0.2, -0.15) is 0 Å². The molecule has 0 unspecified atom stereocenters. The first kappa shape index (κ1) is 35.4. The Hall–Kier alpha value is -4.45. The number of anilines is 1. The van der Waals surface area contributed by atoms with Crippen molar-refractivity contribution in [2.24, 2.45) is 0 Å². The van der Waals surface area contributed by atoms with Crippen LogP contribution in [0.4, 0.5) is 11.4 Å². The van der Waals surface area contributed by atoms with E-state index < -0.39 is 39.3 Å². The fourth-order valence-electron chi connectivity index (χ4n) is 4.86. The monoisotopic (exact) mass is 696 g/mol. The number of sulfonamides is 1. The number of nitrogens with zero attached hydrogens (tertiary/aromatic N) is 3. The highest BCUT2D eigenvalue weighted by atomic mass is 35.5. The van der Waals surface area contributed by atoms with E-state index in [9.17, 15) is 28.1 Å². The second kappa shape index (κ2) is 15.9. The van der Waals surface area contributed by atoms with Crippen LogP contribution in [0.2, 0.25) is 10.0 Å². The van der Waals surface area contributed by atoms with Crippen molar-refractivity contribution in [2.45, 2.75) is 50.2 Å². The first-order chi connectivity index (χ1) is 22.4. The van der Waals surface area contributed by atoms with Gasteiger partial charge in [-0.05, 0) is 49.2 Å². The van der Waals surface area contributed by atoms with E-state index in [-0.39, 0.29) is 45.3 Å². The maximum atomic E-state index is 14.6. The molecule has 0 aliphatic heterocycles. The molecule has 10 nitrogen and oxygen atoms in total. The summed E-state index contributed by atoms with van der Waals surface area (Å²) in [5.41, 5.74) is 0.660. The van der Waals surface area contributed by atoms with Crippen molar-refractivity contribution in [1.82, 2.24) is 10.2 Å². The number of rotatable bonds is 14. The molecule has 2 atom stereocenters. The maximum absolute atomic E-state index is 14.6. The van der Waals surface area contributed by atoms with Gasteiger partial charge in [-0.3, -0.25) is 24.0 Å². The molecule has 0 fully saturated rings. The van der Waals surface area contributed by atoms with Crippen LogP contribution in [-0.2, 0) is 32.6 Å². The molecular formula is C34H34Cl2N4O6S. The zero-order valence-corrected chi connectivity index (χ0v) is 28.1. The number of nitro benzene ring substituents is 1. The second-order valence-electron chi connectivity index (χ2n) is 10.8. The van der Waals surface area contributed by atoms with Crippen LogP contribution in [0.15, 0.2) is 108 Å². The number of non-ortho nitro benzene ring substituents is 1. The van der Waals surface area contributed by atoms with Crippen LogP contribution in [0.3, 0.4) is 0 Å². The van der Waals surface area contributed by atoms with Crippen LogP contribution in [0.1, 0.15) is 31.4 Å². The van der Waals surface area contributed by atoms with Gasteiger partial charge in [-0.25, -0.2) is 8.42 Å². The highest BCUT2D eigenvalue weighted by Gasteiger charge is 2.36. The average molecular weight is 698 g/mol. The van der Waals surface area contributed by atoms with Crippen LogP contribution < -0.4 is 9.62 Å². The molecule has 0 aliphatic rings. The van der Waals surface area contributed by atoms with Gasteiger partial charge < -0.3 is 10.2 Å². The Morgan fingerprint density at radius 3 is 2.09 bits per heavy atom. The lowest BCUT2D eigenvalue weighted by atomic mass is 10.0. The molecule has 0 saturated carbocycles. The minimum atomic E-state index is -4.43. The fraction of sp³-hybridized carbons (Fsp3) is 0.235. The van der Waals surface area contributed by atoms with Gasteiger partial charge >= 0.3 is 0 Å². The Balaban J connectivity index is 1.86. The van der Waals surface area contributed by atoms with Gasteiger partial charge in [0.1, 0.15) is 12.6 Å². The SMILES string of the molecule is CC[C@@H](C)NC(=O)[C@@H](Cc1ccccc1)N(Cc1c(Cl)cccc1Cl)C(=O)CN(c1cccc([N+](=O)[O-])c1)S(=O)(=O)c1ccccc1. The fourth-order valence-corrected chi connectivity index (χ4v) is 6.80. The lowest BCUT2D eigenvalue weighted by Gasteiger charge is -2.34. The van der Waals surface area contributed by atoms with Crippen molar-refractivity contribution in [3.63, 3.8) is 0 Å². The van der Waals surface area contributed by atoms with Crippen molar-refractivity contribution >= 4 is 56.4 Å². The molecule has 0 bridgehead atoms. The van der Waals surface area contributed by atoms with Gasteiger partial charge in [-0.15, -0.1) is 0 Å². The zero-order chi connectivity index (χ0) is 34.1. The number of carbonyl (C=O) groups is 2. The first-order valence-electron chi connectivity index (χ1n) is 14.8. The number of nitro groups is 1. The summed E-state index contributed by atoms with van der Waals surface area (Å²) in [5.74, 6) is -1.21. The largest absolute Gasteiger partial charge is 0.352 e. The van der Waals surface area contributed by atoms with Crippen molar-refractivity contribution in [2.75, 3.05) is 10.8 Å². The van der Waals surface area contributed by atoms with E-state index >= 15 is 0 Å². The van der Waals surface area contributed by atoms with Crippen LogP contribution >= 0.6 is 23.2 Å². The predicted molar refractivity (Wildman–Crippen MR) is 183 cm³/mol. The van der Waals surface area contributed by atoms with Crippen molar-refractivity contribution in [1.29, 1.82) is 0 Å². The number of nitrogens with one attached hydrogen (secondary N) is 1. The minimum absolute atomic E-state index is 0.0964. The summed E-state index contributed by atoms with van der Waals surface area (Å²) in [6, 6.07) is 25.1. The summed E-state index contributed by atoms with van der Waals surface area (Å²) >= 11 is 13.1. The Kier molecular flexibility index (Phi) is 12.0. The molecule has 0 heterocycles. The number of halogens is 2. The smallest absolute Gasteiger partial charge is 0.271 e. The molecule has 4 aromatic rings. The highest BCUT2D eigenvalue weighted by Crippen LogP contribution is 2.30. The first-order valence-corrected chi connectivity index (χ1v) is 17.0. The molecule has 0 aromatic heterocycles. The molecule has 0 aliphatic carbocycles. The lowest BCUT2D eigenvalue weighted by Crippen LogP contribution is -2.54. The van der Waals surface area contributed by atoms with Crippen LogP contribution in [0.5, 0.6) is 0 Å². The number of amides is 2. The van der Waals surface area contributed by atoms with E-state index in [1.54, 1.807) is 24.3 Å². The summed E-state index contributed by atoms with van der Waals surface area (Å²) in [6.45, 7) is 2.74. The molecule has 4 rings (SSSR count). The lowest BCUT2D eigenvalue weighted by molar-refractivity contribution is -0.384. The molecule has 1 N–H and O–H groups in total. The predicted octanol–water partition coefficient (Wildman–Crippen LogP) is 6.65. The normalized spacial score (nSPS) is 12.5. The quantitative estimate of drug-likeness (QED) is 0.116. The summed E-state index contributed by atoms with van der Waals surface area (Å²) in [7, 11) is -4.43. The third-order valence-electron chi connectivity index (χ3n) is 7.60. The van der Waals surface area contributed by atoms with Gasteiger partial charge in [-0.1, -0.05) is 90.8 Å². The van der Waals surface area contributed by atoms with Gasteiger partial charge in [0.25, 0.3) is 15.7 Å². The third-order valence-corrected chi connectivity index (χ3v) is 10.1. The molecule has 2 amide bonds. The molecule has 4 aromatic carbocycles. The van der Waals surface area contributed by atoms with Gasteiger partial charge in [0.05, 0.1) is 15.5 Å². The molecule has 0 saturated heterocycles. The van der Waals surface area contributed by atoms with E-state index in [4.69, 9.17) is 23.2 Å². The molecule has 0 radical (unpaired) electrons. The summed E-state index contributed by atoms with van der Waals surface area (Å²) in [5, 5.41) is 15.1. The minimum Gasteiger partial charge on any atom is -0.352 e. The zero-order valence-electron chi connectivity index (χ0n) is 25.8. The van der Waals surface area contributed by atoms with E-state index in [1.807, 2.05) is 44.2 Å². The molecule has 0 spiro atoms. The number of benzene rings is 4. The van der Waals surface area contributed by atoms with E-state index in [1.165, 1.54) is 47.4 Å². The second-order valence-corrected chi connectivity index (χ2v) is 13.5. The van der Waals surface area contributed by atoms with Crippen LogP contribution in [0, 0.1) is 10.1 Å². The average Bonchev–Trinajstić information content (AvgIpc) is 3.07. The number of hydrogen-bond acceptors (Lipinski definition) is 6.